The van der Waals surface area contributed by atoms with Crippen LogP contribution in [0, 0.1) is 5.92 Å². The van der Waals surface area contributed by atoms with Gasteiger partial charge in [0.2, 0.25) is 0 Å². The molecule has 1 aromatic rings. The molecule has 1 unspecified atom stereocenters. The summed E-state index contributed by atoms with van der Waals surface area (Å²) in [6, 6.07) is 10.5. The van der Waals surface area contributed by atoms with Crippen molar-refractivity contribution in [2.75, 3.05) is 19.6 Å². The molecule has 0 saturated carbocycles. The summed E-state index contributed by atoms with van der Waals surface area (Å²) < 4.78 is 0. The molecular weight excluding hydrogens is 214 g/mol. The second-order valence-electron chi connectivity index (χ2n) is 4.99. The van der Waals surface area contributed by atoms with E-state index in [1.54, 1.807) is 0 Å². The van der Waals surface area contributed by atoms with Crippen LogP contribution < -0.4 is 0 Å². The van der Waals surface area contributed by atoms with E-state index >= 15 is 0 Å². The molecule has 0 aromatic heterocycles. The van der Waals surface area contributed by atoms with E-state index in [1.807, 2.05) is 6.07 Å². The van der Waals surface area contributed by atoms with Crippen LogP contribution >= 0.6 is 0 Å². The van der Waals surface area contributed by atoms with Crippen molar-refractivity contribution in [1.82, 2.24) is 4.90 Å². The van der Waals surface area contributed by atoms with Gasteiger partial charge in [-0.15, -0.1) is 0 Å². The van der Waals surface area contributed by atoms with Crippen LogP contribution in [0.2, 0.25) is 0 Å². The van der Waals surface area contributed by atoms with Gasteiger partial charge in [0.05, 0.1) is 6.42 Å². The van der Waals surface area contributed by atoms with Gasteiger partial charge in [0.15, 0.2) is 0 Å². The van der Waals surface area contributed by atoms with Crippen molar-refractivity contribution >= 4 is 5.97 Å². The molecule has 1 saturated heterocycles. The van der Waals surface area contributed by atoms with E-state index in [9.17, 15) is 4.79 Å². The lowest BCUT2D eigenvalue weighted by molar-refractivity contribution is -0.139. The van der Waals surface area contributed by atoms with Crippen LogP contribution in [0.4, 0.5) is 0 Å². The monoisotopic (exact) mass is 233 g/mol. The van der Waals surface area contributed by atoms with Crippen LogP contribution in [0.5, 0.6) is 0 Å². The molecule has 2 rings (SSSR count). The summed E-state index contributed by atoms with van der Waals surface area (Å²) in [4.78, 5) is 12.9. The van der Waals surface area contributed by atoms with Crippen LogP contribution in [0.25, 0.3) is 0 Å². The van der Waals surface area contributed by atoms with E-state index in [4.69, 9.17) is 5.11 Å². The maximum atomic E-state index is 10.5. The minimum atomic E-state index is -0.675. The van der Waals surface area contributed by atoms with Gasteiger partial charge in [0.25, 0.3) is 0 Å². The van der Waals surface area contributed by atoms with E-state index in [2.05, 4.69) is 36.1 Å². The van der Waals surface area contributed by atoms with E-state index in [1.165, 1.54) is 5.56 Å². The second kappa shape index (κ2) is 5.32. The molecule has 0 amide bonds. The summed E-state index contributed by atoms with van der Waals surface area (Å²) in [5.41, 5.74) is 1.36. The zero-order valence-electron chi connectivity index (χ0n) is 10.2. The standard InChI is InChI=1S/C14H19NO2/c1-11(13-5-3-2-4-6-13)8-15-9-12(10-15)7-14(16)17/h2-6,11-12H,7-10H2,1H3,(H,16,17). The van der Waals surface area contributed by atoms with Crippen molar-refractivity contribution in [1.29, 1.82) is 0 Å². The molecular formula is C14H19NO2. The SMILES string of the molecule is CC(CN1CC(CC(=O)O)C1)c1ccccc1. The molecule has 0 spiro atoms. The highest BCUT2D eigenvalue weighted by molar-refractivity contribution is 5.67. The number of carboxylic acids is 1. The molecule has 1 aliphatic rings. The first-order valence-electron chi connectivity index (χ1n) is 6.14. The van der Waals surface area contributed by atoms with Crippen molar-refractivity contribution in [3.8, 4) is 0 Å². The minimum absolute atomic E-state index is 0.316. The van der Waals surface area contributed by atoms with Crippen LogP contribution in [-0.4, -0.2) is 35.6 Å². The third kappa shape index (κ3) is 3.30. The van der Waals surface area contributed by atoms with Crippen molar-refractivity contribution in [2.45, 2.75) is 19.3 Å². The Kier molecular flexibility index (Phi) is 3.79. The molecule has 0 radical (unpaired) electrons. The fourth-order valence-electron chi connectivity index (χ4n) is 2.48. The van der Waals surface area contributed by atoms with Gasteiger partial charge in [-0.05, 0) is 17.4 Å². The number of nitrogens with zero attached hydrogens (tertiary/aromatic N) is 1. The molecule has 1 atom stereocenters. The fourth-order valence-corrected chi connectivity index (χ4v) is 2.48. The number of carboxylic acid groups (broad SMARTS) is 1. The number of likely N-dealkylation sites (tertiary alicyclic amines) is 1. The largest absolute Gasteiger partial charge is 0.481 e. The van der Waals surface area contributed by atoms with Gasteiger partial charge in [0.1, 0.15) is 0 Å². The summed E-state index contributed by atoms with van der Waals surface area (Å²) >= 11 is 0. The molecule has 0 aliphatic carbocycles. The number of carbonyl (C=O) groups is 1. The Morgan fingerprint density at radius 2 is 2.06 bits per heavy atom. The lowest BCUT2D eigenvalue weighted by Crippen LogP contribution is -2.48. The maximum absolute atomic E-state index is 10.5. The van der Waals surface area contributed by atoms with Gasteiger partial charge in [0, 0.05) is 19.6 Å². The highest BCUT2D eigenvalue weighted by atomic mass is 16.4. The van der Waals surface area contributed by atoms with Crippen molar-refractivity contribution in [3.05, 3.63) is 35.9 Å². The summed E-state index contributed by atoms with van der Waals surface area (Å²) in [5.74, 6) is 0.197. The van der Waals surface area contributed by atoms with Gasteiger partial charge in [-0.3, -0.25) is 4.79 Å². The van der Waals surface area contributed by atoms with Gasteiger partial charge in [-0.25, -0.2) is 0 Å². The second-order valence-corrected chi connectivity index (χ2v) is 4.99. The Morgan fingerprint density at radius 1 is 1.41 bits per heavy atom. The summed E-state index contributed by atoms with van der Waals surface area (Å²) in [6.07, 6.45) is 0.316. The zero-order valence-corrected chi connectivity index (χ0v) is 10.2. The van der Waals surface area contributed by atoms with Crippen LogP contribution in [0.15, 0.2) is 30.3 Å². The summed E-state index contributed by atoms with van der Waals surface area (Å²) in [6.45, 7) is 5.12. The predicted molar refractivity (Wildman–Crippen MR) is 67.0 cm³/mol. The third-order valence-electron chi connectivity index (χ3n) is 3.40. The molecule has 17 heavy (non-hydrogen) atoms. The maximum Gasteiger partial charge on any atom is 0.303 e. The molecule has 92 valence electrons. The summed E-state index contributed by atoms with van der Waals surface area (Å²) in [5, 5.41) is 8.68. The molecule has 0 bridgehead atoms. The molecule has 3 heteroatoms. The topological polar surface area (TPSA) is 40.5 Å². The Hall–Kier alpha value is -1.35. The average Bonchev–Trinajstić information content (AvgIpc) is 2.26. The van der Waals surface area contributed by atoms with E-state index in [0.717, 1.165) is 19.6 Å². The number of rotatable bonds is 5. The molecule has 1 heterocycles. The Bertz CT molecular complexity index is 371. The quantitative estimate of drug-likeness (QED) is 0.847. The highest BCUT2D eigenvalue weighted by Gasteiger charge is 2.29. The molecule has 3 nitrogen and oxygen atoms in total. The fraction of sp³-hybridized carbons (Fsp3) is 0.500. The van der Waals surface area contributed by atoms with Crippen LogP contribution in [0.3, 0.4) is 0 Å². The number of hydrogen-bond acceptors (Lipinski definition) is 2. The minimum Gasteiger partial charge on any atom is -0.481 e. The first-order chi connectivity index (χ1) is 8.15. The Balaban J connectivity index is 1.75. The smallest absolute Gasteiger partial charge is 0.303 e. The first kappa shape index (κ1) is 12.1. The third-order valence-corrected chi connectivity index (χ3v) is 3.40. The van der Waals surface area contributed by atoms with E-state index in [0.29, 0.717) is 18.3 Å². The van der Waals surface area contributed by atoms with Gasteiger partial charge >= 0.3 is 5.97 Å². The van der Waals surface area contributed by atoms with Crippen molar-refractivity contribution in [2.24, 2.45) is 5.92 Å². The molecule has 1 aromatic carbocycles. The molecule has 1 fully saturated rings. The van der Waals surface area contributed by atoms with Crippen molar-refractivity contribution in [3.63, 3.8) is 0 Å². The zero-order chi connectivity index (χ0) is 12.3. The van der Waals surface area contributed by atoms with Crippen molar-refractivity contribution < 1.29 is 9.90 Å². The average molecular weight is 233 g/mol. The van der Waals surface area contributed by atoms with Gasteiger partial charge in [-0.1, -0.05) is 37.3 Å². The highest BCUT2D eigenvalue weighted by Crippen LogP contribution is 2.23. The Labute approximate surface area is 102 Å². The lowest BCUT2D eigenvalue weighted by atomic mass is 9.93. The normalized spacial score (nSPS) is 18.6. The molecule has 1 aliphatic heterocycles. The van der Waals surface area contributed by atoms with Gasteiger partial charge < -0.3 is 10.0 Å². The first-order valence-corrected chi connectivity index (χ1v) is 6.14. The number of benzene rings is 1. The Morgan fingerprint density at radius 3 is 2.65 bits per heavy atom. The van der Waals surface area contributed by atoms with Crippen LogP contribution in [-0.2, 0) is 4.79 Å². The predicted octanol–water partition coefficient (Wildman–Crippen LogP) is 2.20. The molecule has 1 N–H and O–H groups in total. The van der Waals surface area contributed by atoms with E-state index < -0.39 is 5.97 Å². The number of hydrogen-bond donors (Lipinski definition) is 1. The lowest BCUT2D eigenvalue weighted by Gasteiger charge is -2.40. The summed E-state index contributed by atoms with van der Waals surface area (Å²) in [7, 11) is 0. The van der Waals surface area contributed by atoms with Crippen LogP contribution in [0.1, 0.15) is 24.8 Å². The van der Waals surface area contributed by atoms with Gasteiger partial charge in [-0.2, -0.15) is 0 Å². The van der Waals surface area contributed by atoms with E-state index in [-0.39, 0.29) is 0 Å². The number of aliphatic carboxylic acids is 1.